The Morgan fingerprint density at radius 1 is 1.43 bits per heavy atom. The molecule has 0 aliphatic carbocycles. The second kappa shape index (κ2) is 1.92. The number of hydrogen-bond acceptors (Lipinski definition) is 0. The Balaban J connectivity index is 2.40. The van der Waals surface area contributed by atoms with Crippen LogP contribution in [-0.2, 0) is 0 Å². The molecule has 0 amide bonds. The van der Waals surface area contributed by atoms with Gasteiger partial charge in [-0.3, -0.25) is 0 Å². The summed E-state index contributed by atoms with van der Waals surface area (Å²) in [6.07, 6.45) is 1.50. The van der Waals surface area contributed by atoms with E-state index in [1.165, 1.54) is 6.42 Å². The zero-order valence-electron chi connectivity index (χ0n) is 5.00. The van der Waals surface area contributed by atoms with Crippen molar-refractivity contribution in [2.45, 2.75) is 20.3 Å². The van der Waals surface area contributed by atoms with Crippen molar-refractivity contribution >= 4 is 0 Å². The van der Waals surface area contributed by atoms with Crippen LogP contribution in [0.15, 0.2) is 0 Å². The van der Waals surface area contributed by atoms with Gasteiger partial charge in [0.25, 0.3) is 0 Å². The Labute approximate surface area is 55.9 Å². The molecule has 0 atom stereocenters. The fourth-order valence-corrected chi connectivity index (χ4v) is 4.78. The molecule has 0 spiro atoms. The number of rotatable bonds is 0. The van der Waals surface area contributed by atoms with E-state index in [-0.39, 0.29) is 0 Å². The first-order valence-corrected chi connectivity index (χ1v) is 5.79. The third-order valence-electron chi connectivity index (χ3n) is 1.36. The first-order chi connectivity index (χ1) is 3.21. The van der Waals surface area contributed by atoms with Crippen molar-refractivity contribution in [2.24, 2.45) is 5.41 Å². The van der Waals surface area contributed by atoms with E-state index in [1.807, 2.05) is 0 Å². The number of alkyl halides is 2. The van der Waals surface area contributed by atoms with E-state index in [4.69, 9.17) is 0 Å². The van der Waals surface area contributed by atoms with Crippen LogP contribution in [0.5, 0.6) is 0 Å². The van der Waals surface area contributed by atoms with Gasteiger partial charge in [-0.1, -0.05) is 0 Å². The van der Waals surface area contributed by atoms with Crippen LogP contribution in [0, 0.1) is 5.41 Å². The zero-order valence-corrected chi connectivity index (χ0v) is 7.16. The third kappa shape index (κ3) is 1.59. The van der Waals surface area contributed by atoms with E-state index in [1.54, 1.807) is 8.86 Å². The van der Waals surface area contributed by atoms with Crippen molar-refractivity contribution in [1.29, 1.82) is 0 Å². The molecule has 0 bridgehead atoms. The molecule has 7 heavy (non-hydrogen) atoms. The molecular formula is C6H12I-. The molecule has 0 aromatic carbocycles. The van der Waals surface area contributed by atoms with Gasteiger partial charge in [0.05, 0.1) is 0 Å². The van der Waals surface area contributed by atoms with Crippen molar-refractivity contribution in [3.8, 4) is 0 Å². The van der Waals surface area contributed by atoms with E-state index in [2.05, 4.69) is 13.8 Å². The van der Waals surface area contributed by atoms with Crippen molar-refractivity contribution in [3.63, 3.8) is 0 Å². The molecule has 1 rings (SSSR count). The monoisotopic (exact) mass is 211 g/mol. The van der Waals surface area contributed by atoms with Gasteiger partial charge >= 0.3 is 55.7 Å². The Hall–Kier alpha value is 0.730. The topological polar surface area (TPSA) is 0 Å². The van der Waals surface area contributed by atoms with Crippen molar-refractivity contribution in [2.75, 3.05) is 8.86 Å². The van der Waals surface area contributed by atoms with Gasteiger partial charge in [0.1, 0.15) is 0 Å². The summed E-state index contributed by atoms with van der Waals surface area (Å²) in [4.78, 5) is 0. The summed E-state index contributed by atoms with van der Waals surface area (Å²) in [6, 6.07) is 0. The van der Waals surface area contributed by atoms with Crippen LogP contribution in [-0.4, -0.2) is 8.86 Å². The summed E-state index contributed by atoms with van der Waals surface area (Å²) in [7, 11) is 0. The first kappa shape index (κ1) is 5.86. The van der Waals surface area contributed by atoms with E-state index in [9.17, 15) is 0 Å². The Kier molecular flexibility index (Phi) is 1.61. The predicted octanol–water partition coefficient (Wildman–Crippen LogP) is -1.49. The average Bonchev–Trinajstić information content (AvgIpc) is 1.84. The van der Waals surface area contributed by atoms with Crippen LogP contribution in [0.25, 0.3) is 0 Å². The van der Waals surface area contributed by atoms with Gasteiger partial charge in [0.2, 0.25) is 0 Å². The van der Waals surface area contributed by atoms with Crippen LogP contribution in [0.4, 0.5) is 0 Å². The summed E-state index contributed by atoms with van der Waals surface area (Å²) in [5.41, 5.74) is 0.743. The normalized spacial score (nSPS) is 29.4. The molecule has 0 saturated carbocycles. The fraction of sp³-hybridized carbons (Fsp3) is 1.00. The Morgan fingerprint density at radius 3 is 2.29 bits per heavy atom. The van der Waals surface area contributed by atoms with E-state index >= 15 is 0 Å². The summed E-state index contributed by atoms with van der Waals surface area (Å²) in [5.74, 6) is 0. The maximum absolute atomic E-state index is 2.39. The van der Waals surface area contributed by atoms with Crippen LogP contribution in [0.1, 0.15) is 20.3 Å². The molecule has 0 nitrogen and oxygen atoms in total. The van der Waals surface area contributed by atoms with Crippen molar-refractivity contribution < 1.29 is 21.2 Å². The van der Waals surface area contributed by atoms with Crippen LogP contribution < -0.4 is 21.2 Å². The molecule has 1 aliphatic heterocycles. The van der Waals surface area contributed by atoms with Crippen molar-refractivity contribution in [1.82, 2.24) is 0 Å². The van der Waals surface area contributed by atoms with E-state index in [0.29, 0.717) is 21.2 Å². The average molecular weight is 211 g/mol. The standard InChI is InChI=1S/C6H12I/c1-6(2)3-4-7-5-6/h3-5H2,1-2H3/q-1. The fourth-order valence-electron chi connectivity index (χ4n) is 0.712. The predicted molar refractivity (Wildman–Crippen MR) is 28.1 cm³/mol. The molecule has 1 heterocycles. The second-order valence-electron chi connectivity index (χ2n) is 2.93. The molecule has 0 aromatic heterocycles. The zero-order chi connectivity index (χ0) is 5.33. The van der Waals surface area contributed by atoms with Crippen molar-refractivity contribution in [3.05, 3.63) is 0 Å². The van der Waals surface area contributed by atoms with Crippen LogP contribution in [0.3, 0.4) is 0 Å². The molecule has 44 valence electrons. The number of halogens is 1. The quantitative estimate of drug-likeness (QED) is 0.338. The Bertz CT molecular complexity index is 58.6. The van der Waals surface area contributed by atoms with Gasteiger partial charge in [-0.15, -0.1) is 0 Å². The minimum atomic E-state index is 0.653. The van der Waals surface area contributed by atoms with Gasteiger partial charge in [-0.2, -0.15) is 0 Å². The van der Waals surface area contributed by atoms with Gasteiger partial charge < -0.3 is 0 Å². The molecule has 1 aliphatic rings. The molecule has 0 aromatic rings. The molecule has 1 saturated heterocycles. The van der Waals surface area contributed by atoms with Gasteiger partial charge in [0, 0.05) is 0 Å². The molecule has 0 radical (unpaired) electrons. The maximum atomic E-state index is 2.39. The molecular weight excluding hydrogens is 199 g/mol. The molecule has 0 unspecified atom stereocenters. The summed E-state index contributed by atoms with van der Waals surface area (Å²) in [5, 5.41) is 0. The van der Waals surface area contributed by atoms with E-state index in [0.717, 1.165) is 5.41 Å². The molecule has 0 N–H and O–H groups in total. The van der Waals surface area contributed by atoms with E-state index < -0.39 is 0 Å². The third-order valence-corrected chi connectivity index (χ3v) is 5.27. The summed E-state index contributed by atoms with van der Waals surface area (Å²) < 4.78 is 3.14. The minimum absolute atomic E-state index is 0.653. The van der Waals surface area contributed by atoms with Crippen LogP contribution in [0.2, 0.25) is 0 Å². The summed E-state index contributed by atoms with van der Waals surface area (Å²) in [6.45, 7) is 4.78. The van der Waals surface area contributed by atoms with Gasteiger partial charge in [-0.05, 0) is 0 Å². The SMILES string of the molecule is CC1(C)CC[I-]C1. The van der Waals surface area contributed by atoms with Gasteiger partial charge in [-0.25, -0.2) is 0 Å². The number of hydrogen-bond donors (Lipinski definition) is 0. The first-order valence-electron chi connectivity index (χ1n) is 2.74. The Morgan fingerprint density at radius 2 is 2.14 bits per heavy atom. The summed E-state index contributed by atoms with van der Waals surface area (Å²) >= 11 is 0.653. The second-order valence-corrected chi connectivity index (χ2v) is 5.85. The molecule has 1 fully saturated rings. The molecule has 1 heteroatoms. The van der Waals surface area contributed by atoms with Gasteiger partial charge in [0.15, 0.2) is 0 Å². The van der Waals surface area contributed by atoms with Crippen LogP contribution >= 0.6 is 0 Å².